The molecule has 1 aromatic heterocycles. The third-order valence-electron chi connectivity index (χ3n) is 1.59. The van der Waals surface area contributed by atoms with Gasteiger partial charge in [0.2, 0.25) is 6.33 Å². The van der Waals surface area contributed by atoms with E-state index in [9.17, 15) is 0 Å². The molecule has 1 rings (SSSR count). The summed E-state index contributed by atoms with van der Waals surface area (Å²) < 4.78 is 4.28. The molecule has 0 saturated heterocycles. The molecule has 0 atom stereocenters. The molecule has 6 heteroatoms. The number of hydrogen-bond donors (Lipinski definition) is 2. The average molecular weight is 223 g/mol. The summed E-state index contributed by atoms with van der Waals surface area (Å²) in [6, 6.07) is 0. The van der Waals surface area contributed by atoms with E-state index in [-0.39, 0.29) is 0 Å². The molecule has 0 saturated carbocycles. The van der Waals surface area contributed by atoms with Crippen molar-refractivity contribution >= 4 is 0 Å². The average Bonchev–Trinajstić information content (AvgIpc) is 2.64. The van der Waals surface area contributed by atoms with Gasteiger partial charge in [-0.25, -0.2) is 9.13 Å². The number of unbranched alkanes of at least 4 members (excludes halogenated alkanes) is 1. The van der Waals surface area contributed by atoms with E-state index < -0.39 is 0 Å². The number of rotatable bonds is 3. The van der Waals surface area contributed by atoms with Gasteiger partial charge in [-0.3, -0.25) is 0 Å². The Morgan fingerprint density at radius 3 is 2.12 bits per heavy atom. The molecule has 1 aromatic rings. The molecule has 1 heterocycles. The molecule has 0 aliphatic heterocycles. The fourth-order valence-electron chi connectivity index (χ4n) is 0.975. The van der Waals surface area contributed by atoms with Crippen molar-refractivity contribution in [3.05, 3.63) is 18.7 Å². The van der Waals surface area contributed by atoms with Crippen LogP contribution in [0.4, 0.5) is 0 Å². The van der Waals surface area contributed by atoms with Crippen molar-refractivity contribution in [1.82, 2.24) is 4.57 Å². The molecule has 0 spiro atoms. The van der Waals surface area contributed by atoms with Crippen LogP contribution < -0.4 is 16.0 Å². The maximum atomic E-state index is 7.10. The van der Waals surface area contributed by atoms with Gasteiger partial charge in [-0.05, 0) is 6.42 Å². The Kier molecular flexibility index (Phi) is 13.0. The summed E-state index contributed by atoms with van der Waals surface area (Å²) >= 11 is 0. The van der Waals surface area contributed by atoms with Crippen LogP contribution in [0.3, 0.4) is 0 Å². The summed E-state index contributed by atoms with van der Waals surface area (Å²) in [5, 5.41) is 14.2. The lowest BCUT2D eigenvalue weighted by atomic mass is 10.3. The van der Waals surface area contributed by atoms with Crippen molar-refractivity contribution in [2.24, 2.45) is 18.5 Å². The van der Waals surface area contributed by atoms with Crippen LogP contribution in [-0.4, -0.2) is 4.57 Å². The molecule has 0 aliphatic carbocycles. The Hall–Kier alpha value is -2.21. The highest BCUT2D eigenvalue weighted by Crippen LogP contribution is 1.85. The molecule has 0 unspecified atom stereocenters. The largest absolute Gasteiger partial charge is 0.337 e. The molecule has 0 aliphatic rings. The van der Waals surface area contributed by atoms with Gasteiger partial charge < -0.3 is 11.5 Å². The molecular weight excluding hydrogens is 204 g/mol. The minimum absolute atomic E-state index is 1.15. The van der Waals surface area contributed by atoms with Gasteiger partial charge in [-0.15, -0.1) is 0 Å². The van der Waals surface area contributed by atoms with Crippen LogP contribution in [0.2, 0.25) is 0 Å². The second kappa shape index (κ2) is 12.8. The Morgan fingerprint density at radius 1 is 1.31 bits per heavy atom. The number of hydrogen-bond acceptors (Lipinski definition) is 4. The first-order valence-electron chi connectivity index (χ1n) is 4.86. The number of aryl methyl sites for hydroxylation is 2. The van der Waals surface area contributed by atoms with Crippen LogP contribution >= 0.6 is 0 Å². The number of aromatic nitrogens is 2. The van der Waals surface area contributed by atoms with Crippen molar-refractivity contribution < 1.29 is 4.57 Å². The SMILES string of the molecule is CCCC[n+]1ccn(C)c1.N#CN.N#CN. The van der Waals surface area contributed by atoms with Crippen LogP contribution in [0.25, 0.3) is 0 Å². The highest BCUT2D eigenvalue weighted by atomic mass is 15.1. The van der Waals surface area contributed by atoms with Crippen molar-refractivity contribution in [3.8, 4) is 12.4 Å². The van der Waals surface area contributed by atoms with Crippen LogP contribution in [0, 0.1) is 22.9 Å². The zero-order valence-electron chi connectivity index (χ0n) is 9.80. The van der Waals surface area contributed by atoms with E-state index in [0.29, 0.717) is 0 Å². The first kappa shape index (κ1) is 16.2. The van der Waals surface area contributed by atoms with E-state index >= 15 is 0 Å². The van der Waals surface area contributed by atoms with Gasteiger partial charge in [0.05, 0.1) is 13.6 Å². The Balaban J connectivity index is 0. The van der Waals surface area contributed by atoms with Gasteiger partial charge in [0, 0.05) is 0 Å². The maximum absolute atomic E-state index is 7.10. The quantitative estimate of drug-likeness (QED) is 0.426. The Bertz CT molecular complexity index is 318. The molecule has 0 bridgehead atoms. The maximum Gasteiger partial charge on any atom is 0.243 e. The summed E-state index contributed by atoms with van der Waals surface area (Å²) in [6.07, 6.45) is 11.3. The lowest BCUT2D eigenvalue weighted by molar-refractivity contribution is -0.696. The van der Waals surface area contributed by atoms with Gasteiger partial charge in [0.1, 0.15) is 12.4 Å². The van der Waals surface area contributed by atoms with Gasteiger partial charge >= 0.3 is 0 Å². The van der Waals surface area contributed by atoms with E-state index in [0.717, 1.165) is 6.54 Å². The minimum Gasteiger partial charge on any atom is -0.337 e. The van der Waals surface area contributed by atoms with Crippen LogP contribution in [0.15, 0.2) is 18.7 Å². The van der Waals surface area contributed by atoms with E-state index in [1.165, 1.54) is 25.2 Å². The predicted molar refractivity (Wildman–Crippen MR) is 60.1 cm³/mol. The molecular formula is C10H19N6+. The zero-order chi connectivity index (χ0) is 12.8. The van der Waals surface area contributed by atoms with E-state index in [1.807, 2.05) is 7.05 Å². The van der Waals surface area contributed by atoms with Crippen LogP contribution in [-0.2, 0) is 13.6 Å². The summed E-state index contributed by atoms with van der Waals surface area (Å²) in [7, 11) is 2.04. The van der Waals surface area contributed by atoms with E-state index in [1.54, 1.807) is 0 Å². The second-order valence-electron chi connectivity index (χ2n) is 2.93. The molecule has 0 aromatic carbocycles. The molecule has 6 nitrogen and oxygen atoms in total. The lowest BCUT2D eigenvalue weighted by Gasteiger charge is -1.90. The Morgan fingerprint density at radius 2 is 1.81 bits per heavy atom. The fourth-order valence-corrected chi connectivity index (χ4v) is 0.975. The normalized spacial score (nSPS) is 7.25. The third kappa shape index (κ3) is 11.8. The monoisotopic (exact) mass is 223 g/mol. The number of nitriles is 2. The molecule has 16 heavy (non-hydrogen) atoms. The minimum atomic E-state index is 1.15. The number of imidazole rings is 1. The predicted octanol–water partition coefficient (Wildman–Crippen LogP) is -0.0349. The Labute approximate surface area is 96.3 Å². The fraction of sp³-hybridized carbons (Fsp3) is 0.500. The standard InChI is InChI=1S/C8H15N2.2CH2N2/c1-3-4-5-10-7-6-9(2)8-10;2*2-1-3/h6-8H,3-5H2,1-2H3;2*2H2/q+1;;. The smallest absolute Gasteiger partial charge is 0.243 e. The van der Waals surface area contributed by atoms with Crippen LogP contribution in [0.1, 0.15) is 19.8 Å². The second-order valence-corrected chi connectivity index (χ2v) is 2.93. The molecule has 0 amide bonds. The van der Waals surface area contributed by atoms with Crippen molar-refractivity contribution in [3.63, 3.8) is 0 Å². The molecule has 88 valence electrons. The zero-order valence-corrected chi connectivity index (χ0v) is 9.80. The first-order valence-corrected chi connectivity index (χ1v) is 4.86. The first-order chi connectivity index (χ1) is 7.65. The van der Waals surface area contributed by atoms with Gasteiger partial charge in [-0.1, -0.05) is 13.3 Å². The third-order valence-corrected chi connectivity index (χ3v) is 1.59. The summed E-state index contributed by atoms with van der Waals surface area (Å²) in [4.78, 5) is 0. The van der Waals surface area contributed by atoms with Crippen molar-refractivity contribution in [2.45, 2.75) is 26.3 Å². The lowest BCUT2D eigenvalue weighted by Crippen LogP contribution is -2.30. The van der Waals surface area contributed by atoms with E-state index in [2.05, 4.69) is 46.2 Å². The highest BCUT2D eigenvalue weighted by molar-refractivity contribution is 4.61. The number of nitrogens with zero attached hydrogens (tertiary/aromatic N) is 4. The summed E-state index contributed by atoms with van der Waals surface area (Å²) in [5.41, 5.74) is 8.31. The topological polar surface area (TPSA) is 108 Å². The number of nitrogens with two attached hydrogens (primary N) is 2. The van der Waals surface area contributed by atoms with Gasteiger partial charge in [0.15, 0.2) is 12.4 Å². The molecule has 0 radical (unpaired) electrons. The molecule has 4 N–H and O–H groups in total. The highest BCUT2D eigenvalue weighted by Gasteiger charge is 1.96. The van der Waals surface area contributed by atoms with E-state index in [4.69, 9.17) is 10.5 Å². The van der Waals surface area contributed by atoms with Crippen molar-refractivity contribution in [1.29, 1.82) is 10.5 Å². The summed E-state index contributed by atoms with van der Waals surface area (Å²) in [6.45, 7) is 3.36. The van der Waals surface area contributed by atoms with Crippen LogP contribution in [0.5, 0.6) is 0 Å². The van der Waals surface area contributed by atoms with Gasteiger partial charge in [-0.2, -0.15) is 10.5 Å². The molecule has 0 fully saturated rings. The van der Waals surface area contributed by atoms with Crippen molar-refractivity contribution in [2.75, 3.05) is 0 Å². The summed E-state index contributed by atoms with van der Waals surface area (Å²) in [5.74, 6) is 0. The van der Waals surface area contributed by atoms with Gasteiger partial charge in [0.25, 0.3) is 0 Å².